The maximum absolute atomic E-state index is 11.4. The third-order valence-corrected chi connectivity index (χ3v) is 4.10. The zero-order valence-corrected chi connectivity index (χ0v) is 13.7. The van der Waals surface area contributed by atoms with Gasteiger partial charge < -0.3 is 14.9 Å². The van der Waals surface area contributed by atoms with Crippen LogP contribution in [0.15, 0.2) is 23.3 Å². The van der Waals surface area contributed by atoms with Crippen molar-refractivity contribution in [3.8, 4) is 0 Å². The minimum absolute atomic E-state index is 0.154. The van der Waals surface area contributed by atoms with Crippen LogP contribution in [0, 0.1) is 11.8 Å². The fraction of sp³-hybridized carbons (Fsp3) is 0.706. The summed E-state index contributed by atoms with van der Waals surface area (Å²) in [6.07, 6.45) is 2.97. The molecule has 0 fully saturated rings. The van der Waals surface area contributed by atoms with Crippen LogP contribution in [-0.4, -0.2) is 34.5 Å². The molecule has 1 aliphatic rings. The van der Waals surface area contributed by atoms with Crippen LogP contribution in [-0.2, 0) is 9.53 Å². The highest BCUT2D eigenvalue weighted by Crippen LogP contribution is 2.28. The van der Waals surface area contributed by atoms with E-state index in [1.165, 1.54) is 6.92 Å². The molecule has 0 saturated heterocycles. The predicted octanol–water partition coefficient (Wildman–Crippen LogP) is 2.60. The van der Waals surface area contributed by atoms with Crippen molar-refractivity contribution in [2.45, 2.75) is 65.8 Å². The van der Waals surface area contributed by atoms with Crippen molar-refractivity contribution < 1.29 is 19.7 Å². The van der Waals surface area contributed by atoms with Crippen LogP contribution in [0.3, 0.4) is 0 Å². The molecule has 0 bridgehead atoms. The SMILES string of the molecule is CC(=O)O[C@H]1/C=C(\C)C[C@@H](O)[C@H](O)/C(C)=C\C[C@H]1C(C)C. The van der Waals surface area contributed by atoms with Gasteiger partial charge in [0, 0.05) is 12.8 Å². The molecule has 4 heteroatoms. The van der Waals surface area contributed by atoms with Gasteiger partial charge in [0.2, 0.25) is 0 Å². The van der Waals surface area contributed by atoms with Crippen LogP contribution < -0.4 is 0 Å². The standard InChI is InChI=1S/C17H28O4/c1-10(2)14-7-6-12(4)17(20)15(19)8-11(3)9-16(14)21-13(5)18/h6,9-10,14-17,19-20H,7-8H2,1-5H3/b11-9+,12-6-/t14-,15+,16-,17+/m0/s1. The Bertz CT molecular complexity index is 423. The molecule has 0 spiro atoms. The van der Waals surface area contributed by atoms with E-state index in [1.54, 1.807) is 0 Å². The van der Waals surface area contributed by atoms with Crippen molar-refractivity contribution in [2.75, 3.05) is 0 Å². The van der Waals surface area contributed by atoms with E-state index in [-0.39, 0.29) is 18.0 Å². The molecule has 0 aromatic rings. The molecular formula is C17H28O4. The molecule has 0 aromatic carbocycles. The molecule has 21 heavy (non-hydrogen) atoms. The highest BCUT2D eigenvalue weighted by atomic mass is 16.5. The maximum Gasteiger partial charge on any atom is 0.303 e. The van der Waals surface area contributed by atoms with Crippen molar-refractivity contribution in [3.63, 3.8) is 0 Å². The van der Waals surface area contributed by atoms with Crippen molar-refractivity contribution in [2.24, 2.45) is 11.8 Å². The molecule has 4 nitrogen and oxygen atoms in total. The lowest BCUT2D eigenvalue weighted by Crippen LogP contribution is -2.31. The average Bonchev–Trinajstić information content (AvgIpc) is 2.35. The second-order valence-electron chi connectivity index (χ2n) is 6.40. The number of ether oxygens (including phenoxy) is 1. The van der Waals surface area contributed by atoms with Crippen molar-refractivity contribution in [1.82, 2.24) is 0 Å². The number of carbonyl (C=O) groups excluding carboxylic acids is 1. The molecule has 120 valence electrons. The van der Waals surface area contributed by atoms with Gasteiger partial charge in [0.15, 0.2) is 0 Å². The summed E-state index contributed by atoms with van der Waals surface area (Å²) in [5.74, 6) is 0.193. The molecule has 4 atom stereocenters. The quantitative estimate of drug-likeness (QED) is 0.607. The molecule has 1 rings (SSSR count). The lowest BCUT2D eigenvalue weighted by Gasteiger charge is -2.29. The highest BCUT2D eigenvalue weighted by Gasteiger charge is 2.27. The number of rotatable bonds is 2. The molecule has 0 unspecified atom stereocenters. The largest absolute Gasteiger partial charge is 0.458 e. The number of carbonyl (C=O) groups is 1. The lowest BCUT2D eigenvalue weighted by molar-refractivity contribution is -0.147. The Kier molecular flexibility index (Phi) is 6.62. The van der Waals surface area contributed by atoms with Crippen molar-refractivity contribution in [3.05, 3.63) is 23.3 Å². The number of hydrogen-bond donors (Lipinski definition) is 2. The minimum Gasteiger partial charge on any atom is -0.458 e. The van der Waals surface area contributed by atoms with E-state index >= 15 is 0 Å². The third-order valence-electron chi connectivity index (χ3n) is 4.10. The summed E-state index contributed by atoms with van der Waals surface area (Å²) >= 11 is 0. The number of allylic oxidation sites excluding steroid dienone is 1. The van der Waals surface area contributed by atoms with Crippen molar-refractivity contribution in [1.29, 1.82) is 0 Å². The van der Waals surface area contributed by atoms with Gasteiger partial charge in [-0.05, 0) is 44.3 Å². The molecule has 0 heterocycles. The smallest absolute Gasteiger partial charge is 0.303 e. The Hall–Kier alpha value is -1.13. The fourth-order valence-corrected chi connectivity index (χ4v) is 2.76. The van der Waals surface area contributed by atoms with E-state index in [1.807, 2.05) is 26.0 Å². The van der Waals surface area contributed by atoms with Crippen LogP contribution in [0.5, 0.6) is 0 Å². The first-order chi connectivity index (χ1) is 9.72. The van der Waals surface area contributed by atoms with Gasteiger partial charge in [0.1, 0.15) is 12.2 Å². The van der Waals surface area contributed by atoms with Gasteiger partial charge in [-0.2, -0.15) is 0 Å². The van der Waals surface area contributed by atoms with Gasteiger partial charge in [-0.25, -0.2) is 0 Å². The summed E-state index contributed by atoms with van der Waals surface area (Å²) in [7, 11) is 0. The maximum atomic E-state index is 11.4. The summed E-state index contributed by atoms with van der Waals surface area (Å²) in [4.78, 5) is 11.4. The van der Waals surface area contributed by atoms with Crippen LogP contribution in [0.25, 0.3) is 0 Å². The Balaban J connectivity index is 3.13. The summed E-state index contributed by atoms with van der Waals surface area (Å²) in [6.45, 7) is 9.34. The van der Waals surface area contributed by atoms with E-state index in [0.29, 0.717) is 18.8 Å². The van der Waals surface area contributed by atoms with E-state index in [2.05, 4.69) is 13.8 Å². The first-order valence-corrected chi connectivity index (χ1v) is 7.59. The molecule has 2 N–H and O–H groups in total. The number of aliphatic hydroxyl groups is 2. The fourth-order valence-electron chi connectivity index (χ4n) is 2.76. The van der Waals surface area contributed by atoms with E-state index in [9.17, 15) is 15.0 Å². The molecule has 0 aliphatic heterocycles. The van der Waals surface area contributed by atoms with Gasteiger partial charge in [0.25, 0.3) is 0 Å². The molecule has 0 radical (unpaired) electrons. The van der Waals surface area contributed by atoms with E-state index < -0.39 is 12.2 Å². The first-order valence-electron chi connectivity index (χ1n) is 7.59. The second-order valence-corrected chi connectivity index (χ2v) is 6.40. The predicted molar refractivity (Wildman–Crippen MR) is 82.6 cm³/mol. The van der Waals surface area contributed by atoms with Gasteiger partial charge in [0.05, 0.1) is 6.10 Å². The van der Waals surface area contributed by atoms with Gasteiger partial charge in [-0.1, -0.05) is 25.5 Å². The summed E-state index contributed by atoms with van der Waals surface area (Å²) in [5.41, 5.74) is 1.69. The highest BCUT2D eigenvalue weighted by molar-refractivity contribution is 5.66. The monoisotopic (exact) mass is 296 g/mol. The molecule has 0 saturated carbocycles. The topological polar surface area (TPSA) is 66.8 Å². The number of esters is 1. The number of hydrogen-bond acceptors (Lipinski definition) is 4. The Morgan fingerprint density at radius 1 is 1.33 bits per heavy atom. The average molecular weight is 296 g/mol. The summed E-state index contributed by atoms with van der Waals surface area (Å²) < 4.78 is 5.48. The zero-order chi connectivity index (χ0) is 16.2. The molecule has 0 amide bonds. The number of aliphatic hydroxyl groups excluding tert-OH is 2. The van der Waals surface area contributed by atoms with Gasteiger partial charge in [-0.15, -0.1) is 0 Å². The lowest BCUT2D eigenvalue weighted by atomic mass is 9.83. The molecular weight excluding hydrogens is 268 g/mol. The van der Waals surface area contributed by atoms with Crippen LogP contribution in [0.1, 0.15) is 47.5 Å². The molecule has 1 aliphatic carbocycles. The van der Waals surface area contributed by atoms with Gasteiger partial charge in [-0.3, -0.25) is 4.79 Å². The van der Waals surface area contributed by atoms with Crippen LogP contribution >= 0.6 is 0 Å². The zero-order valence-electron chi connectivity index (χ0n) is 13.7. The Labute approximate surface area is 127 Å². The molecule has 0 aromatic heterocycles. The van der Waals surface area contributed by atoms with E-state index in [4.69, 9.17) is 4.74 Å². The second kappa shape index (κ2) is 7.76. The van der Waals surface area contributed by atoms with Crippen LogP contribution in [0.4, 0.5) is 0 Å². The Morgan fingerprint density at radius 2 is 1.95 bits per heavy atom. The van der Waals surface area contributed by atoms with Gasteiger partial charge >= 0.3 is 5.97 Å². The third kappa shape index (κ3) is 5.29. The minimum atomic E-state index is -0.841. The normalized spacial score (nSPS) is 36.4. The summed E-state index contributed by atoms with van der Waals surface area (Å²) in [6, 6.07) is 0. The summed E-state index contributed by atoms with van der Waals surface area (Å²) in [5, 5.41) is 20.1. The van der Waals surface area contributed by atoms with Crippen LogP contribution in [0.2, 0.25) is 0 Å². The first kappa shape index (κ1) is 17.9. The Morgan fingerprint density at radius 3 is 2.48 bits per heavy atom. The van der Waals surface area contributed by atoms with Crippen molar-refractivity contribution >= 4 is 5.97 Å². The van der Waals surface area contributed by atoms with E-state index in [0.717, 1.165) is 11.1 Å².